The van der Waals surface area contributed by atoms with Gasteiger partial charge in [0.05, 0.1) is 6.07 Å². The molecule has 3 rings (SSSR count). The summed E-state index contributed by atoms with van der Waals surface area (Å²) in [5.41, 5.74) is 5.01. The van der Waals surface area contributed by atoms with Crippen LogP contribution in [0.25, 0.3) is 16.9 Å². The van der Waals surface area contributed by atoms with Gasteiger partial charge in [-0.1, -0.05) is 42.7 Å². The van der Waals surface area contributed by atoms with Crippen molar-refractivity contribution in [1.29, 1.82) is 5.26 Å². The van der Waals surface area contributed by atoms with Crippen molar-refractivity contribution in [2.24, 2.45) is 0 Å². The monoisotopic (exact) mass is 388 g/mol. The molecule has 0 bridgehead atoms. The molecule has 5 nitrogen and oxygen atoms in total. The fraction of sp³-hybridized carbons (Fsp3) is 0.375. The third-order valence-corrected chi connectivity index (χ3v) is 5.14. The summed E-state index contributed by atoms with van der Waals surface area (Å²) in [6.45, 7) is 6.36. The molecule has 5 heteroatoms. The second-order valence-corrected chi connectivity index (χ2v) is 7.58. The molecule has 1 aromatic carbocycles. The van der Waals surface area contributed by atoms with E-state index in [1.807, 2.05) is 34.6 Å². The topological polar surface area (TPSA) is 61.4 Å². The highest BCUT2D eigenvalue weighted by Crippen LogP contribution is 2.32. The largest absolute Gasteiger partial charge is 0.296 e. The van der Waals surface area contributed by atoms with Crippen LogP contribution in [0.5, 0.6) is 0 Å². The van der Waals surface area contributed by atoms with Crippen molar-refractivity contribution < 1.29 is 4.79 Å². The van der Waals surface area contributed by atoms with Gasteiger partial charge in [0, 0.05) is 31.6 Å². The Morgan fingerprint density at radius 2 is 1.79 bits per heavy atom. The highest BCUT2D eigenvalue weighted by atomic mass is 16.2. The number of carbonyl (C=O) groups excluding carboxylic acids is 1. The number of anilines is 1. The SMILES string of the molecule is CC(=O)N(CCCCCCC#N)c1c(-c2ccc(C)cc2)nc2cc(C)ccn12. The van der Waals surface area contributed by atoms with E-state index >= 15 is 0 Å². The minimum absolute atomic E-state index is 0.0118. The van der Waals surface area contributed by atoms with Crippen molar-refractivity contribution in [3.8, 4) is 17.3 Å². The number of aromatic nitrogens is 2. The zero-order chi connectivity index (χ0) is 20.8. The van der Waals surface area contributed by atoms with Crippen LogP contribution in [0.15, 0.2) is 42.6 Å². The summed E-state index contributed by atoms with van der Waals surface area (Å²) in [5, 5.41) is 8.67. The number of amides is 1. The summed E-state index contributed by atoms with van der Waals surface area (Å²) in [5.74, 6) is 0.839. The van der Waals surface area contributed by atoms with Gasteiger partial charge < -0.3 is 0 Å². The highest BCUT2D eigenvalue weighted by Gasteiger charge is 2.22. The Morgan fingerprint density at radius 3 is 2.48 bits per heavy atom. The zero-order valence-electron chi connectivity index (χ0n) is 17.5. The maximum atomic E-state index is 12.6. The fourth-order valence-electron chi connectivity index (χ4n) is 3.54. The first-order valence-corrected chi connectivity index (χ1v) is 10.2. The summed E-state index contributed by atoms with van der Waals surface area (Å²) in [6.07, 6.45) is 6.42. The molecule has 0 saturated heterocycles. The number of fused-ring (bicyclic) bond motifs is 1. The van der Waals surface area contributed by atoms with E-state index in [1.165, 1.54) is 5.56 Å². The van der Waals surface area contributed by atoms with Crippen LogP contribution in [0.2, 0.25) is 0 Å². The number of benzene rings is 1. The number of hydrogen-bond donors (Lipinski definition) is 0. The van der Waals surface area contributed by atoms with Crippen molar-refractivity contribution >= 4 is 17.4 Å². The first-order chi connectivity index (χ1) is 14.0. The number of pyridine rings is 1. The van der Waals surface area contributed by atoms with E-state index in [2.05, 4.69) is 37.3 Å². The average molecular weight is 389 g/mol. The highest BCUT2D eigenvalue weighted by molar-refractivity contribution is 5.95. The Kier molecular flexibility index (Phi) is 6.66. The Morgan fingerprint density at radius 1 is 1.07 bits per heavy atom. The fourth-order valence-corrected chi connectivity index (χ4v) is 3.54. The molecular weight excluding hydrogens is 360 g/mol. The van der Waals surface area contributed by atoms with Crippen molar-refractivity contribution in [3.05, 3.63) is 53.7 Å². The molecular formula is C24H28N4O. The van der Waals surface area contributed by atoms with Crippen LogP contribution in [0.4, 0.5) is 5.82 Å². The molecule has 2 aromatic heterocycles. The predicted molar refractivity (Wildman–Crippen MR) is 117 cm³/mol. The maximum absolute atomic E-state index is 12.6. The van der Waals surface area contributed by atoms with Crippen LogP contribution in [0.3, 0.4) is 0 Å². The van der Waals surface area contributed by atoms with Crippen molar-refractivity contribution in [3.63, 3.8) is 0 Å². The molecule has 1 amide bonds. The number of imidazole rings is 1. The van der Waals surface area contributed by atoms with Gasteiger partial charge in [-0.05, 0) is 44.4 Å². The number of nitriles is 1. The summed E-state index contributed by atoms with van der Waals surface area (Å²) in [4.78, 5) is 19.3. The van der Waals surface area contributed by atoms with Crippen LogP contribution >= 0.6 is 0 Å². The first-order valence-electron chi connectivity index (χ1n) is 10.2. The van der Waals surface area contributed by atoms with Gasteiger partial charge in [0.15, 0.2) is 0 Å². The molecule has 150 valence electrons. The maximum Gasteiger partial charge on any atom is 0.225 e. The molecule has 0 aliphatic carbocycles. The molecule has 0 unspecified atom stereocenters. The van der Waals surface area contributed by atoms with Gasteiger partial charge in [-0.2, -0.15) is 5.26 Å². The molecule has 0 spiro atoms. The number of rotatable bonds is 8. The van der Waals surface area contributed by atoms with E-state index in [-0.39, 0.29) is 5.91 Å². The van der Waals surface area contributed by atoms with Gasteiger partial charge in [0.2, 0.25) is 5.91 Å². The third-order valence-electron chi connectivity index (χ3n) is 5.14. The van der Waals surface area contributed by atoms with E-state index in [1.54, 1.807) is 6.92 Å². The Bertz CT molecular complexity index is 1030. The molecule has 0 fully saturated rings. The van der Waals surface area contributed by atoms with Gasteiger partial charge in [0.25, 0.3) is 0 Å². The van der Waals surface area contributed by atoms with Crippen molar-refractivity contribution in [1.82, 2.24) is 9.38 Å². The number of carbonyl (C=O) groups is 1. The van der Waals surface area contributed by atoms with Gasteiger partial charge >= 0.3 is 0 Å². The molecule has 29 heavy (non-hydrogen) atoms. The Hall–Kier alpha value is -3.13. The third kappa shape index (κ3) is 4.83. The lowest BCUT2D eigenvalue weighted by atomic mass is 10.1. The lowest BCUT2D eigenvalue weighted by molar-refractivity contribution is -0.116. The minimum atomic E-state index is 0.0118. The van der Waals surface area contributed by atoms with E-state index in [4.69, 9.17) is 10.2 Å². The van der Waals surface area contributed by atoms with Crippen LogP contribution < -0.4 is 4.90 Å². The molecule has 0 aliphatic heterocycles. The minimum Gasteiger partial charge on any atom is -0.296 e. The summed E-state index contributed by atoms with van der Waals surface area (Å²) < 4.78 is 2.01. The van der Waals surface area contributed by atoms with Crippen LogP contribution in [-0.4, -0.2) is 21.8 Å². The molecule has 0 saturated carbocycles. The van der Waals surface area contributed by atoms with E-state index < -0.39 is 0 Å². The number of hydrogen-bond acceptors (Lipinski definition) is 3. The molecule has 3 aromatic rings. The van der Waals surface area contributed by atoms with Crippen LogP contribution in [0.1, 0.15) is 50.2 Å². The second-order valence-electron chi connectivity index (χ2n) is 7.58. The normalized spacial score (nSPS) is 10.8. The lowest BCUT2D eigenvalue weighted by Crippen LogP contribution is -2.31. The standard InChI is InChI=1S/C24H28N4O/c1-18-9-11-21(12-10-18)23-24(28-16-13-19(2)17-22(28)26-23)27(20(3)29)15-8-6-4-5-7-14-25/h9-13,16-17H,4-8,15H2,1-3H3. The number of unbranched alkanes of at least 4 members (excludes halogenated alkanes) is 4. The average Bonchev–Trinajstić information content (AvgIpc) is 3.06. The molecule has 0 aliphatic rings. The molecule has 0 N–H and O–H groups in total. The van der Waals surface area contributed by atoms with E-state index in [0.717, 1.165) is 54.0 Å². The van der Waals surface area contributed by atoms with Crippen molar-refractivity contribution in [2.75, 3.05) is 11.4 Å². The summed E-state index contributed by atoms with van der Waals surface area (Å²) in [7, 11) is 0. The first kappa shape index (κ1) is 20.6. The lowest BCUT2D eigenvalue weighted by Gasteiger charge is -2.22. The molecule has 0 atom stereocenters. The van der Waals surface area contributed by atoms with Gasteiger partial charge in [-0.3, -0.25) is 14.1 Å². The summed E-state index contributed by atoms with van der Waals surface area (Å²) in [6, 6.07) is 14.5. The van der Waals surface area contributed by atoms with E-state index in [0.29, 0.717) is 13.0 Å². The quantitative estimate of drug-likeness (QED) is 0.482. The zero-order valence-corrected chi connectivity index (χ0v) is 17.5. The predicted octanol–water partition coefficient (Wildman–Crippen LogP) is 5.45. The molecule has 0 radical (unpaired) electrons. The number of nitrogens with zero attached hydrogens (tertiary/aromatic N) is 4. The molecule has 2 heterocycles. The van der Waals surface area contributed by atoms with E-state index in [9.17, 15) is 4.79 Å². The van der Waals surface area contributed by atoms with Gasteiger partial charge in [0.1, 0.15) is 17.2 Å². The Labute approximate surface area is 172 Å². The van der Waals surface area contributed by atoms with Crippen LogP contribution in [0, 0.1) is 25.2 Å². The van der Waals surface area contributed by atoms with Gasteiger partial charge in [-0.25, -0.2) is 4.98 Å². The van der Waals surface area contributed by atoms with Gasteiger partial charge in [-0.15, -0.1) is 0 Å². The number of aryl methyl sites for hydroxylation is 2. The second kappa shape index (κ2) is 9.38. The summed E-state index contributed by atoms with van der Waals surface area (Å²) >= 11 is 0. The van der Waals surface area contributed by atoms with Crippen molar-refractivity contribution in [2.45, 2.75) is 52.9 Å². The van der Waals surface area contributed by atoms with Crippen LogP contribution in [-0.2, 0) is 4.79 Å². The Balaban J connectivity index is 1.97. The smallest absolute Gasteiger partial charge is 0.225 e.